The van der Waals surface area contributed by atoms with Gasteiger partial charge in [0.2, 0.25) is 5.91 Å². The average molecular weight is 357 g/mol. The molecule has 2 aromatic heterocycles. The van der Waals surface area contributed by atoms with E-state index in [2.05, 4.69) is 15.7 Å². The molecule has 0 bridgehead atoms. The van der Waals surface area contributed by atoms with Crippen LogP contribution in [0.5, 0.6) is 0 Å². The van der Waals surface area contributed by atoms with Crippen LogP contribution in [0.25, 0.3) is 11.0 Å². The van der Waals surface area contributed by atoms with Crippen molar-refractivity contribution in [2.75, 3.05) is 6.54 Å². The molecular formula is C19H27N5O2. The molecule has 0 unspecified atom stereocenters. The van der Waals surface area contributed by atoms with E-state index < -0.39 is 6.04 Å². The van der Waals surface area contributed by atoms with Gasteiger partial charge in [0.15, 0.2) is 5.65 Å². The Bertz CT molecular complexity index is 823. The lowest BCUT2D eigenvalue weighted by atomic mass is 10.1. The number of carbonyl (C=O) groups is 2. The fourth-order valence-electron chi connectivity index (χ4n) is 2.93. The first kappa shape index (κ1) is 18.4. The van der Waals surface area contributed by atoms with Gasteiger partial charge in [0.1, 0.15) is 6.04 Å². The normalized spacial score (nSPS) is 15.3. The number of nitrogens with one attached hydrogen (secondary N) is 2. The third-order valence-electron chi connectivity index (χ3n) is 4.61. The summed E-state index contributed by atoms with van der Waals surface area (Å²) in [6.45, 7) is 8.37. The molecule has 1 fully saturated rings. The molecule has 7 nitrogen and oxygen atoms in total. The highest BCUT2D eigenvalue weighted by atomic mass is 16.2. The number of rotatable bonds is 7. The van der Waals surface area contributed by atoms with Crippen LogP contribution in [0.15, 0.2) is 12.3 Å². The Labute approximate surface area is 153 Å². The highest BCUT2D eigenvalue weighted by Gasteiger charge is 2.28. The molecule has 1 saturated carbocycles. The fraction of sp³-hybridized carbons (Fsp3) is 0.579. The van der Waals surface area contributed by atoms with Gasteiger partial charge >= 0.3 is 0 Å². The molecule has 3 rings (SSSR count). The summed E-state index contributed by atoms with van der Waals surface area (Å²) in [5.74, 6) is -0.0146. The van der Waals surface area contributed by atoms with Gasteiger partial charge in [-0.1, -0.05) is 6.92 Å². The van der Waals surface area contributed by atoms with Gasteiger partial charge in [0.25, 0.3) is 5.91 Å². The summed E-state index contributed by atoms with van der Waals surface area (Å²) in [4.78, 5) is 29.7. The second-order valence-electron chi connectivity index (χ2n) is 7.28. The Balaban J connectivity index is 1.90. The number of hydrogen-bond donors (Lipinski definition) is 2. The monoisotopic (exact) mass is 357 g/mol. The molecule has 26 heavy (non-hydrogen) atoms. The van der Waals surface area contributed by atoms with Gasteiger partial charge in [-0.15, -0.1) is 0 Å². The van der Waals surface area contributed by atoms with E-state index in [9.17, 15) is 9.59 Å². The lowest BCUT2D eigenvalue weighted by molar-refractivity contribution is -0.122. The first-order valence-corrected chi connectivity index (χ1v) is 9.39. The van der Waals surface area contributed by atoms with Gasteiger partial charge in [0, 0.05) is 24.2 Å². The van der Waals surface area contributed by atoms with Crippen molar-refractivity contribution in [3.05, 3.63) is 23.5 Å². The van der Waals surface area contributed by atoms with E-state index in [1.807, 2.05) is 31.5 Å². The van der Waals surface area contributed by atoms with E-state index in [-0.39, 0.29) is 17.9 Å². The number of pyridine rings is 1. The van der Waals surface area contributed by atoms with Gasteiger partial charge in [-0.2, -0.15) is 5.10 Å². The first-order valence-electron chi connectivity index (χ1n) is 9.39. The van der Waals surface area contributed by atoms with E-state index in [1.54, 1.807) is 13.1 Å². The predicted molar refractivity (Wildman–Crippen MR) is 100 cm³/mol. The van der Waals surface area contributed by atoms with Gasteiger partial charge in [-0.25, -0.2) is 9.67 Å². The smallest absolute Gasteiger partial charge is 0.252 e. The summed E-state index contributed by atoms with van der Waals surface area (Å²) >= 11 is 0. The number of amides is 2. The van der Waals surface area contributed by atoms with Gasteiger partial charge in [-0.3, -0.25) is 9.59 Å². The number of aromatic nitrogens is 3. The van der Waals surface area contributed by atoms with Crippen molar-refractivity contribution in [3.63, 3.8) is 0 Å². The number of nitrogens with zero attached hydrogens (tertiary/aromatic N) is 3. The molecule has 1 aliphatic rings. The zero-order valence-electron chi connectivity index (χ0n) is 15.9. The molecule has 2 aromatic rings. The minimum Gasteiger partial charge on any atom is -0.354 e. The van der Waals surface area contributed by atoms with Crippen molar-refractivity contribution in [2.45, 2.75) is 65.0 Å². The maximum atomic E-state index is 12.9. The molecule has 2 heterocycles. The molecule has 140 valence electrons. The van der Waals surface area contributed by atoms with Crippen LogP contribution >= 0.6 is 0 Å². The molecular weight excluding hydrogens is 330 g/mol. The minimum absolute atomic E-state index is 0.157. The lowest BCUT2D eigenvalue weighted by Crippen LogP contribution is -2.45. The molecule has 0 aliphatic heterocycles. The Morgan fingerprint density at radius 1 is 1.31 bits per heavy atom. The van der Waals surface area contributed by atoms with Gasteiger partial charge < -0.3 is 10.6 Å². The van der Waals surface area contributed by atoms with Crippen molar-refractivity contribution in [3.8, 4) is 0 Å². The van der Waals surface area contributed by atoms with Crippen LogP contribution in [0.1, 0.15) is 75.0 Å². The van der Waals surface area contributed by atoms with Crippen LogP contribution in [0.4, 0.5) is 0 Å². The van der Waals surface area contributed by atoms with E-state index in [0.29, 0.717) is 18.0 Å². The van der Waals surface area contributed by atoms with Crippen molar-refractivity contribution < 1.29 is 9.59 Å². The predicted octanol–water partition coefficient (Wildman–Crippen LogP) is 2.53. The number of hydrogen-bond acceptors (Lipinski definition) is 4. The molecule has 2 N–H and O–H groups in total. The SMILES string of the molecule is CCCNC(=O)[C@@H](C)NC(=O)c1cc(C2CC2)nc2c1cnn2C(C)C. The third-order valence-corrected chi connectivity index (χ3v) is 4.61. The van der Waals surface area contributed by atoms with E-state index in [0.717, 1.165) is 36.0 Å². The fourth-order valence-corrected chi connectivity index (χ4v) is 2.93. The molecule has 0 spiro atoms. The first-order chi connectivity index (χ1) is 12.4. The van der Waals surface area contributed by atoms with E-state index in [4.69, 9.17) is 4.98 Å². The van der Waals surface area contributed by atoms with Crippen LogP contribution < -0.4 is 10.6 Å². The van der Waals surface area contributed by atoms with Gasteiger partial charge in [0.05, 0.1) is 17.1 Å². The van der Waals surface area contributed by atoms with Crippen molar-refractivity contribution in [1.82, 2.24) is 25.4 Å². The zero-order chi connectivity index (χ0) is 18.8. The van der Waals surface area contributed by atoms with Crippen LogP contribution in [0, 0.1) is 0 Å². The quantitative estimate of drug-likeness (QED) is 0.797. The largest absolute Gasteiger partial charge is 0.354 e. The van der Waals surface area contributed by atoms with Crippen molar-refractivity contribution in [1.29, 1.82) is 0 Å². The molecule has 0 radical (unpaired) electrons. The molecule has 0 aromatic carbocycles. The number of carbonyl (C=O) groups excluding carboxylic acids is 2. The van der Waals surface area contributed by atoms with E-state index in [1.165, 1.54) is 0 Å². The Kier molecular flexibility index (Phi) is 5.25. The topological polar surface area (TPSA) is 88.9 Å². The van der Waals surface area contributed by atoms with Crippen LogP contribution in [0.3, 0.4) is 0 Å². The lowest BCUT2D eigenvalue weighted by Gasteiger charge is -2.15. The summed E-state index contributed by atoms with van der Waals surface area (Å²) in [6, 6.07) is 1.42. The summed E-state index contributed by atoms with van der Waals surface area (Å²) in [5.41, 5.74) is 2.21. The molecule has 7 heteroatoms. The average Bonchev–Trinajstić information content (AvgIpc) is 3.37. The second-order valence-corrected chi connectivity index (χ2v) is 7.28. The standard InChI is InChI=1S/C19H27N5O2/c1-5-8-20-18(25)12(4)22-19(26)14-9-16(13-6-7-13)23-17-15(14)10-21-24(17)11(2)3/h9-13H,5-8H2,1-4H3,(H,20,25)(H,22,26)/t12-/m1/s1. The Hall–Kier alpha value is -2.44. The molecule has 2 amide bonds. The molecule has 1 aliphatic carbocycles. The van der Waals surface area contributed by atoms with Gasteiger partial charge in [-0.05, 0) is 46.1 Å². The third kappa shape index (κ3) is 3.71. The maximum Gasteiger partial charge on any atom is 0.252 e. The Morgan fingerprint density at radius 2 is 2.04 bits per heavy atom. The number of fused-ring (bicyclic) bond motifs is 1. The van der Waals surface area contributed by atoms with Crippen LogP contribution in [-0.2, 0) is 4.79 Å². The van der Waals surface area contributed by atoms with Crippen molar-refractivity contribution >= 4 is 22.8 Å². The zero-order valence-corrected chi connectivity index (χ0v) is 15.9. The maximum absolute atomic E-state index is 12.9. The summed E-state index contributed by atoms with van der Waals surface area (Å²) in [7, 11) is 0. The van der Waals surface area contributed by atoms with Crippen LogP contribution in [0.2, 0.25) is 0 Å². The highest BCUT2D eigenvalue weighted by molar-refractivity contribution is 6.06. The van der Waals surface area contributed by atoms with Crippen molar-refractivity contribution in [2.24, 2.45) is 0 Å². The highest BCUT2D eigenvalue weighted by Crippen LogP contribution is 2.40. The molecule has 0 saturated heterocycles. The summed E-state index contributed by atoms with van der Waals surface area (Å²) < 4.78 is 1.84. The van der Waals surface area contributed by atoms with Crippen LogP contribution in [-0.4, -0.2) is 39.2 Å². The van der Waals surface area contributed by atoms with E-state index >= 15 is 0 Å². The summed E-state index contributed by atoms with van der Waals surface area (Å²) in [6.07, 6.45) is 4.75. The Morgan fingerprint density at radius 3 is 2.65 bits per heavy atom. The molecule has 1 atom stereocenters. The second kappa shape index (κ2) is 7.43. The minimum atomic E-state index is -0.596. The summed E-state index contributed by atoms with van der Waals surface area (Å²) in [5, 5.41) is 10.7.